The largest absolute Gasteiger partial charge is 0.376 e. The molecule has 0 spiro atoms. The molecule has 1 heterocycles. The first-order valence-corrected chi connectivity index (χ1v) is 8.16. The number of nitrogens with zero attached hydrogens (tertiary/aromatic N) is 1. The lowest BCUT2D eigenvalue weighted by molar-refractivity contribution is -0.0224. The van der Waals surface area contributed by atoms with Crippen LogP contribution in [0, 0.1) is 5.92 Å². The van der Waals surface area contributed by atoms with Crippen molar-refractivity contribution in [2.24, 2.45) is 5.92 Å². The summed E-state index contributed by atoms with van der Waals surface area (Å²) in [6.07, 6.45) is 3.83. The minimum atomic E-state index is -0.0113. The maximum absolute atomic E-state index is 5.83. The number of rotatable bonds is 6. The van der Waals surface area contributed by atoms with E-state index in [1.807, 2.05) is 0 Å². The molecule has 1 rings (SSSR count). The van der Waals surface area contributed by atoms with Crippen molar-refractivity contribution in [2.45, 2.75) is 72.0 Å². The van der Waals surface area contributed by atoms with E-state index >= 15 is 0 Å². The second-order valence-corrected chi connectivity index (χ2v) is 8.00. The van der Waals surface area contributed by atoms with Crippen LogP contribution in [0.1, 0.15) is 60.8 Å². The lowest BCUT2D eigenvalue weighted by Gasteiger charge is -2.33. The third kappa shape index (κ3) is 8.93. The molecule has 120 valence electrons. The zero-order chi connectivity index (χ0) is 15.2. The Bertz CT molecular complexity index is 229. The maximum Gasteiger partial charge on any atom is 0.0600 e. The molecule has 1 aliphatic heterocycles. The highest BCUT2D eigenvalue weighted by atomic mass is 16.5. The second-order valence-electron chi connectivity index (χ2n) is 8.00. The lowest BCUT2D eigenvalue weighted by atomic mass is 9.94. The molecule has 0 aromatic rings. The van der Waals surface area contributed by atoms with E-state index in [-0.39, 0.29) is 11.2 Å². The van der Waals surface area contributed by atoms with E-state index in [9.17, 15) is 0 Å². The van der Waals surface area contributed by atoms with Gasteiger partial charge in [-0.05, 0) is 79.8 Å². The Kier molecular flexibility index (Phi) is 6.96. The van der Waals surface area contributed by atoms with E-state index in [0.29, 0.717) is 0 Å². The first kappa shape index (κ1) is 17.9. The Morgan fingerprint density at radius 3 is 1.85 bits per heavy atom. The zero-order valence-electron chi connectivity index (χ0n) is 14.5. The summed E-state index contributed by atoms with van der Waals surface area (Å²) < 4.78 is 11.6. The predicted octanol–water partition coefficient (Wildman–Crippen LogP) is 3.72. The molecule has 20 heavy (non-hydrogen) atoms. The molecule has 0 aromatic heterocycles. The fraction of sp³-hybridized carbons (Fsp3) is 1.00. The standard InChI is InChI=1S/C17H35NO2/c1-16(2,3)19-13-9-15-7-10-18(11-8-15)12-14-20-17(4,5)6/h15H,7-14H2,1-6H3. The molecule has 1 aliphatic rings. The van der Waals surface area contributed by atoms with Gasteiger partial charge >= 0.3 is 0 Å². The summed E-state index contributed by atoms with van der Waals surface area (Å²) in [7, 11) is 0. The van der Waals surface area contributed by atoms with Crippen LogP contribution in [0.5, 0.6) is 0 Å². The molecular weight excluding hydrogens is 250 g/mol. The molecule has 1 fully saturated rings. The molecule has 0 bridgehead atoms. The van der Waals surface area contributed by atoms with Crippen LogP contribution in [0.15, 0.2) is 0 Å². The molecule has 0 atom stereocenters. The highest BCUT2D eigenvalue weighted by Gasteiger charge is 2.20. The van der Waals surface area contributed by atoms with Gasteiger partial charge in [-0.2, -0.15) is 0 Å². The third-order valence-electron chi connectivity index (χ3n) is 3.71. The number of hydrogen-bond donors (Lipinski definition) is 0. The highest BCUT2D eigenvalue weighted by molar-refractivity contribution is 4.73. The Hall–Kier alpha value is -0.120. The third-order valence-corrected chi connectivity index (χ3v) is 3.71. The number of piperidine rings is 1. The number of ether oxygens (including phenoxy) is 2. The van der Waals surface area contributed by atoms with Gasteiger partial charge in [0.1, 0.15) is 0 Å². The van der Waals surface area contributed by atoms with E-state index in [1.54, 1.807) is 0 Å². The van der Waals surface area contributed by atoms with Gasteiger partial charge in [-0.25, -0.2) is 0 Å². The van der Waals surface area contributed by atoms with E-state index in [0.717, 1.165) is 25.7 Å². The van der Waals surface area contributed by atoms with Crippen molar-refractivity contribution in [3.63, 3.8) is 0 Å². The number of likely N-dealkylation sites (tertiary alicyclic amines) is 1. The van der Waals surface area contributed by atoms with Gasteiger partial charge < -0.3 is 14.4 Å². The van der Waals surface area contributed by atoms with Gasteiger partial charge in [0.25, 0.3) is 0 Å². The fourth-order valence-corrected chi connectivity index (χ4v) is 2.51. The minimum Gasteiger partial charge on any atom is -0.376 e. The summed E-state index contributed by atoms with van der Waals surface area (Å²) in [4.78, 5) is 2.53. The average Bonchev–Trinajstić information content (AvgIpc) is 2.28. The van der Waals surface area contributed by atoms with Crippen LogP contribution in [0.3, 0.4) is 0 Å². The predicted molar refractivity (Wildman–Crippen MR) is 85.2 cm³/mol. The Balaban J connectivity index is 2.08. The van der Waals surface area contributed by atoms with Crippen molar-refractivity contribution in [1.82, 2.24) is 4.90 Å². The van der Waals surface area contributed by atoms with Crippen molar-refractivity contribution in [3.8, 4) is 0 Å². The van der Waals surface area contributed by atoms with Gasteiger partial charge in [0, 0.05) is 13.2 Å². The Morgan fingerprint density at radius 2 is 1.35 bits per heavy atom. The topological polar surface area (TPSA) is 21.7 Å². The summed E-state index contributed by atoms with van der Waals surface area (Å²) in [5.41, 5.74) is -0.00634. The Morgan fingerprint density at radius 1 is 0.850 bits per heavy atom. The van der Waals surface area contributed by atoms with Crippen molar-refractivity contribution in [2.75, 3.05) is 32.8 Å². The second kappa shape index (κ2) is 7.77. The minimum absolute atomic E-state index is 0.00496. The van der Waals surface area contributed by atoms with Crippen LogP contribution < -0.4 is 0 Å². The van der Waals surface area contributed by atoms with E-state index in [1.165, 1.54) is 32.4 Å². The Labute approximate surface area is 126 Å². The molecule has 0 saturated carbocycles. The summed E-state index contributed by atoms with van der Waals surface area (Å²) in [5.74, 6) is 0.845. The lowest BCUT2D eigenvalue weighted by Crippen LogP contribution is -2.37. The van der Waals surface area contributed by atoms with Gasteiger partial charge in [0.2, 0.25) is 0 Å². The summed E-state index contributed by atoms with van der Waals surface area (Å²) in [6.45, 7) is 18.0. The van der Waals surface area contributed by atoms with Crippen LogP contribution in [0.25, 0.3) is 0 Å². The van der Waals surface area contributed by atoms with Gasteiger partial charge in [0.05, 0.1) is 17.8 Å². The summed E-state index contributed by atoms with van der Waals surface area (Å²) in [6, 6.07) is 0. The maximum atomic E-state index is 5.83. The van der Waals surface area contributed by atoms with Crippen molar-refractivity contribution < 1.29 is 9.47 Å². The molecule has 0 radical (unpaired) electrons. The molecule has 0 aromatic carbocycles. The van der Waals surface area contributed by atoms with E-state index in [4.69, 9.17) is 9.47 Å². The van der Waals surface area contributed by atoms with E-state index in [2.05, 4.69) is 46.4 Å². The fourth-order valence-electron chi connectivity index (χ4n) is 2.51. The quantitative estimate of drug-likeness (QED) is 0.742. The normalized spacial score (nSPS) is 19.5. The van der Waals surface area contributed by atoms with Gasteiger partial charge in [0.15, 0.2) is 0 Å². The van der Waals surface area contributed by atoms with Crippen LogP contribution in [-0.2, 0) is 9.47 Å². The van der Waals surface area contributed by atoms with Gasteiger partial charge in [-0.1, -0.05) is 0 Å². The van der Waals surface area contributed by atoms with Crippen molar-refractivity contribution in [3.05, 3.63) is 0 Å². The van der Waals surface area contributed by atoms with Crippen LogP contribution in [0.4, 0.5) is 0 Å². The highest BCUT2D eigenvalue weighted by Crippen LogP contribution is 2.21. The van der Waals surface area contributed by atoms with Gasteiger partial charge in [-0.3, -0.25) is 0 Å². The van der Waals surface area contributed by atoms with E-state index < -0.39 is 0 Å². The number of hydrogen-bond acceptors (Lipinski definition) is 3. The first-order valence-electron chi connectivity index (χ1n) is 8.16. The molecule has 1 saturated heterocycles. The molecule has 0 amide bonds. The SMILES string of the molecule is CC(C)(C)OCCC1CCN(CCOC(C)(C)C)CC1. The van der Waals surface area contributed by atoms with Crippen LogP contribution in [0.2, 0.25) is 0 Å². The van der Waals surface area contributed by atoms with Crippen LogP contribution in [-0.4, -0.2) is 49.0 Å². The molecular formula is C17H35NO2. The average molecular weight is 285 g/mol. The van der Waals surface area contributed by atoms with Crippen LogP contribution >= 0.6 is 0 Å². The zero-order valence-corrected chi connectivity index (χ0v) is 14.5. The molecule has 3 heteroatoms. The smallest absolute Gasteiger partial charge is 0.0600 e. The molecule has 0 N–H and O–H groups in total. The monoisotopic (exact) mass is 285 g/mol. The van der Waals surface area contributed by atoms with Crippen molar-refractivity contribution in [1.29, 1.82) is 0 Å². The first-order chi connectivity index (χ1) is 9.16. The van der Waals surface area contributed by atoms with Crippen molar-refractivity contribution >= 4 is 0 Å². The summed E-state index contributed by atoms with van der Waals surface area (Å²) >= 11 is 0. The molecule has 3 nitrogen and oxygen atoms in total. The summed E-state index contributed by atoms with van der Waals surface area (Å²) in [5, 5.41) is 0. The molecule has 0 unspecified atom stereocenters. The van der Waals surface area contributed by atoms with Gasteiger partial charge in [-0.15, -0.1) is 0 Å². The molecule has 0 aliphatic carbocycles.